The van der Waals surface area contributed by atoms with Gasteiger partial charge in [0.2, 0.25) is 0 Å². The molecule has 0 saturated carbocycles. The third-order valence-corrected chi connectivity index (χ3v) is 6.51. The normalized spacial score (nSPS) is 18.7. The number of rotatable bonds is 6. The summed E-state index contributed by atoms with van der Waals surface area (Å²) in [5, 5.41) is 6.49. The minimum Gasteiger partial charge on any atom is -0.364 e. The molecule has 4 heterocycles. The van der Waals surface area contributed by atoms with Crippen LogP contribution in [0.15, 0.2) is 47.7 Å². The van der Waals surface area contributed by atoms with Gasteiger partial charge in [0.25, 0.3) is 5.91 Å². The fourth-order valence-electron chi connectivity index (χ4n) is 4.45. The van der Waals surface area contributed by atoms with Crippen LogP contribution in [0.5, 0.6) is 0 Å². The fraction of sp³-hybridized carbons (Fsp3) is 0.391. The molecule has 5 rings (SSSR count). The summed E-state index contributed by atoms with van der Waals surface area (Å²) in [5.74, 6) is 0.888. The average molecular weight is 449 g/mol. The lowest BCUT2D eigenvalue weighted by atomic mass is 9.94. The van der Waals surface area contributed by atoms with E-state index in [0.717, 1.165) is 38.2 Å². The largest absolute Gasteiger partial charge is 0.364 e. The van der Waals surface area contributed by atoms with Gasteiger partial charge in [-0.05, 0) is 30.5 Å². The lowest BCUT2D eigenvalue weighted by Gasteiger charge is -2.33. The summed E-state index contributed by atoms with van der Waals surface area (Å²) < 4.78 is 3.35. The fourth-order valence-corrected chi connectivity index (χ4v) is 4.45. The highest BCUT2D eigenvalue weighted by Crippen LogP contribution is 2.27. The van der Waals surface area contributed by atoms with Crippen LogP contribution in [0.3, 0.4) is 0 Å². The van der Waals surface area contributed by atoms with Crippen molar-refractivity contribution in [3.05, 3.63) is 64.6 Å². The molecule has 2 aromatic heterocycles. The molecular formula is C23H28N8O2. The monoisotopic (exact) mass is 448 g/mol. The van der Waals surface area contributed by atoms with Gasteiger partial charge in [0.15, 0.2) is 11.5 Å². The van der Waals surface area contributed by atoms with Gasteiger partial charge >= 0.3 is 5.69 Å². The zero-order valence-electron chi connectivity index (χ0n) is 18.6. The second kappa shape index (κ2) is 8.70. The smallest absolute Gasteiger partial charge is 0.328 e. The zero-order chi connectivity index (χ0) is 22.9. The van der Waals surface area contributed by atoms with Crippen LogP contribution in [0.4, 0.5) is 17.3 Å². The van der Waals surface area contributed by atoms with Gasteiger partial charge in [-0.25, -0.2) is 14.8 Å². The summed E-state index contributed by atoms with van der Waals surface area (Å²) in [4.78, 5) is 35.5. The molecule has 33 heavy (non-hydrogen) atoms. The minimum absolute atomic E-state index is 0.0273. The summed E-state index contributed by atoms with van der Waals surface area (Å²) in [5.41, 5.74) is 7.72. The Hall–Kier alpha value is -3.66. The van der Waals surface area contributed by atoms with Crippen LogP contribution in [0.2, 0.25) is 0 Å². The molecule has 10 nitrogen and oxygen atoms in total. The number of amides is 1. The molecule has 1 amide bonds. The summed E-state index contributed by atoms with van der Waals surface area (Å²) in [7, 11) is 1.75. The number of primary amides is 1. The van der Waals surface area contributed by atoms with Gasteiger partial charge < -0.3 is 25.8 Å². The van der Waals surface area contributed by atoms with E-state index in [-0.39, 0.29) is 17.4 Å². The summed E-state index contributed by atoms with van der Waals surface area (Å²) in [6.45, 7) is 3.43. The molecule has 3 aromatic rings. The molecule has 2 aliphatic rings. The number of imidazole rings is 1. The number of nitrogens with two attached hydrogens (primary N) is 1. The molecule has 2 saturated heterocycles. The van der Waals surface area contributed by atoms with Crippen molar-refractivity contribution in [2.75, 3.05) is 36.4 Å². The Morgan fingerprint density at radius 2 is 2.00 bits per heavy atom. The van der Waals surface area contributed by atoms with Crippen LogP contribution in [0, 0.1) is 0 Å². The van der Waals surface area contributed by atoms with Gasteiger partial charge in [-0.2, -0.15) is 0 Å². The molecule has 1 atom stereocenters. The number of aromatic nitrogens is 4. The van der Waals surface area contributed by atoms with E-state index in [2.05, 4.69) is 32.7 Å². The molecule has 4 N–H and O–H groups in total. The van der Waals surface area contributed by atoms with Crippen molar-refractivity contribution in [3.8, 4) is 0 Å². The Morgan fingerprint density at radius 3 is 2.64 bits per heavy atom. The first-order valence-electron chi connectivity index (χ1n) is 11.2. The van der Waals surface area contributed by atoms with Crippen LogP contribution in [0.1, 0.15) is 40.9 Å². The van der Waals surface area contributed by atoms with Gasteiger partial charge in [0, 0.05) is 57.2 Å². The number of aryl methyl sites for hydroxylation is 1. The zero-order valence-corrected chi connectivity index (χ0v) is 18.6. The van der Waals surface area contributed by atoms with Crippen molar-refractivity contribution in [3.63, 3.8) is 0 Å². The number of carbonyl (C=O) groups excluding carboxylic acids is 1. The van der Waals surface area contributed by atoms with E-state index in [4.69, 9.17) is 10.7 Å². The molecule has 172 valence electrons. The van der Waals surface area contributed by atoms with Crippen molar-refractivity contribution >= 4 is 23.2 Å². The van der Waals surface area contributed by atoms with Crippen LogP contribution in [0.25, 0.3) is 0 Å². The van der Waals surface area contributed by atoms with E-state index in [9.17, 15) is 9.59 Å². The maximum atomic E-state index is 12.4. The standard InChI is InChI=1S/C23H28N8O2/c1-29-9-10-31(23(29)33)18-3-2-8-30(14-18)19-13-26-20(21(24)32)22(28-19)27-17-6-4-15(5-7-17)16-11-25-12-16/h4-7,9-10,13,16,18,25H,2-3,8,11-12,14H2,1H3,(H2,24,32)(H,27,28)/t18-/m1/s1. The molecule has 2 aliphatic heterocycles. The molecule has 2 fully saturated rings. The van der Waals surface area contributed by atoms with E-state index in [1.165, 1.54) is 5.56 Å². The molecule has 0 aliphatic carbocycles. The number of anilines is 3. The van der Waals surface area contributed by atoms with Crippen LogP contribution in [-0.4, -0.2) is 51.2 Å². The number of hydrogen-bond acceptors (Lipinski definition) is 7. The second-order valence-corrected chi connectivity index (χ2v) is 8.73. The Balaban J connectivity index is 1.38. The minimum atomic E-state index is -0.638. The predicted octanol–water partition coefficient (Wildman–Crippen LogP) is 1.35. The van der Waals surface area contributed by atoms with Gasteiger partial charge in [-0.3, -0.25) is 9.36 Å². The third-order valence-electron chi connectivity index (χ3n) is 6.51. The molecule has 0 spiro atoms. The van der Waals surface area contributed by atoms with Crippen LogP contribution >= 0.6 is 0 Å². The molecular weight excluding hydrogens is 420 g/mol. The Kier molecular flexibility index (Phi) is 5.59. The lowest BCUT2D eigenvalue weighted by Crippen LogP contribution is -2.40. The van der Waals surface area contributed by atoms with Crippen molar-refractivity contribution in [2.45, 2.75) is 24.8 Å². The average Bonchev–Trinajstić information content (AvgIpc) is 3.12. The summed E-state index contributed by atoms with van der Waals surface area (Å²) in [6, 6.07) is 8.18. The number of piperidine rings is 1. The maximum Gasteiger partial charge on any atom is 0.328 e. The topological polar surface area (TPSA) is 123 Å². The van der Waals surface area contributed by atoms with Crippen LogP contribution in [-0.2, 0) is 7.05 Å². The Morgan fingerprint density at radius 1 is 1.21 bits per heavy atom. The number of benzene rings is 1. The van der Waals surface area contributed by atoms with Gasteiger partial charge in [-0.1, -0.05) is 12.1 Å². The first kappa shape index (κ1) is 21.2. The van der Waals surface area contributed by atoms with Gasteiger partial charge in [0.1, 0.15) is 5.82 Å². The third kappa shape index (κ3) is 4.21. The Bertz CT molecular complexity index is 1210. The number of nitrogens with zero attached hydrogens (tertiary/aromatic N) is 5. The molecule has 1 aromatic carbocycles. The Labute approximate surface area is 191 Å². The highest BCUT2D eigenvalue weighted by molar-refractivity contribution is 5.96. The molecule has 0 radical (unpaired) electrons. The first-order valence-corrected chi connectivity index (χ1v) is 11.2. The van der Waals surface area contributed by atoms with E-state index in [1.807, 2.05) is 18.3 Å². The quantitative estimate of drug-likeness (QED) is 0.520. The molecule has 0 unspecified atom stereocenters. The number of carbonyl (C=O) groups is 1. The van der Waals surface area contributed by atoms with Crippen molar-refractivity contribution in [1.82, 2.24) is 24.4 Å². The maximum absolute atomic E-state index is 12.4. The van der Waals surface area contributed by atoms with E-state index in [0.29, 0.717) is 24.1 Å². The van der Waals surface area contributed by atoms with Crippen molar-refractivity contribution in [2.24, 2.45) is 12.8 Å². The predicted molar refractivity (Wildman–Crippen MR) is 126 cm³/mol. The van der Waals surface area contributed by atoms with Crippen molar-refractivity contribution in [1.29, 1.82) is 0 Å². The lowest BCUT2D eigenvalue weighted by molar-refractivity contribution is 0.0996. The van der Waals surface area contributed by atoms with Crippen LogP contribution < -0.4 is 27.0 Å². The second-order valence-electron chi connectivity index (χ2n) is 8.73. The highest BCUT2D eigenvalue weighted by atomic mass is 16.2. The number of nitrogens with one attached hydrogen (secondary N) is 2. The first-order chi connectivity index (χ1) is 16.0. The highest BCUT2D eigenvalue weighted by Gasteiger charge is 2.25. The molecule has 0 bridgehead atoms. The van der Waals surface area contributed by atoms with E-state index < -0.39 is 5.91 Å². The van der Waals surface area contributed by atoms with Crippen molar-refractivity contribution < 1.29 is 4.79 Å². The van der Waals surface area contributed by atoms with E-state index in [1.54, 1.807) is 28.6 Å². The molecule has 10 heteroatoms. The van der Waals surface area contributed by atoms with Gasteiger partial charge in [0.05, 0.1) is 12.2 Å². The summed E-state index contributed by atoms with van der Waals surface area (Å²) in [6.07, 6.45) is 7.02. The van der Waals surface area contributed by atoms with Gasteiger partial charge in [-0.15, -0.1) is 0 Å². The summed E-state index contributed by atoms with van der Waals surface area (Å²) >= 11 is 0. The number of hydrogen-bond donors (Lipinski definition) is 3. The SMILES string of the molecule is Cn1ccn([C@@H]2CCCN(c3cnc(C(N)=O)c(Nc4ccc(C5CNC5)cc4)n3)C2)c1=O. The van der Waals surface area contributed by atoms with E-state index >= 15 is 0 Å².